The van der Waals surface area contributed by atoms with E-state index in [1.165, 1.54) is 35.9 Å². The van der Waals surface area contributed by atoms with E-state index < -0.39 is 0 Å². The van der Waals surface area contributed by atoms with Gasteiger partial charge in [-0.25, -0.2) is 0 Å². The first-order chi connectivity index (χ1) is 10.2. The van der Waals surface area contributed by atoms with Crippen molar-refractivity contribution in [3.8, 4) is 0 Å². The molecule has 0 spiro atoms. The number of nitrogens with one attached hydrogen (secondary N) is 1. The summed E-state index contributed by atoms with van der Waals surface area (Å²) < 4.78 is 2.11. The fourth-order valence-electron chi connectivity index (χ4n) is 3.76. The molecule has 1 aromatic carbocycles. The Hall–Kier alpha value is -1.35. The van der Waals surface area contributed by atoms with Crippen molar-refractivity contribution in [3.63, 3.8) is 0 Å². The molecular formula is C18H27N3. The van der Waals surface area contributed by atoms with E-state index in [1.54, 1.807) is 0 Å². The van der Waals surface area contributed by atoms with Gasteiger partial charge in [0.15, 0.2) is 0 Å². The minimum atomic E-state index is 0.645. The molecule has 1 aliphatic carbocycles. The van der Waals surface area contributed by atoms with Crippen LogP contribution in [0.4, 0.5) is 0 Å². The number of fused-ring (bicyclic) bond motifs is 1. The molecule has 0 aliphatic heterocycles. The van der Waals surface area contributed by atoms with Crippen molar-refractivity contribution in [2.24, 2.45) is 11.8 Å². The lowest BCUT2D eigenvalue weighted by Crippen LogP contribution is -2.38. The summed E-state index contributed by atoms with van der Waals surface area (Å²) in [5, 5.41) is 9.84. The van der Waals surface area contributed by atoms with Gasteiger partial charge in [0, 0.05) is 24.5 Å². The molecule has 3 unspecified atom stereocenters. The highest BCUT2D eigenvalue weighted by Gasteiger charge is 2.25. The Morgan fingerprint density at radius 3 is 2.81 bits per heavy atom. The SMILES string of the molecule is CCn1nc(CNC2CCC(C)CC2C)c2ccccc21. The van der Waals surface area contributed by atoms with Gasteiger partial charge in [-0.1, -0.05) is 32.0 Å². The van der Waals surface area contributed by atoms with Crippen molar-refractivity contribution in [2.75, 3.05) is 0 Å². The van der Waals surface area contributed by atoms with Crippen LogP contribution in [0.15, 0.2) is 24.3 Å². The number of aromatic nitrogens is 2. The van der Waals surface area contributed by atoms with Gasteiger partial charge < -0.3 is 5.32 Å². The maximum absolute atomic E-state index is 4.79. The van der Waals surface area contributed by atoms with Gasteiger partial charge in [0.05, 0.1) is 11.2 Å². The maximum Gasteiger partial charge on any atom is 0.0841 e. The Kier molecular flexibility index (Phi) is 4.29. The second kappa shape index (κ2) is 6.18. The average molecular weight is 285 g/mol. The molecule has 1 N–H and O–H groups in total. The molecule has 3 nitrogen and oxygen atoms in total. The summed E-state index contributed by atoms with van der Waals surface area (Å²) in [6.45, 7) is 8.73. The molecule has 0 amide bonds. The van der Waals surface area contributed by atoms with Gasteiger partial charge in [-0.15, -0.1) is 0 Å². The minimum Gasteiger partial charge on any atom is -0.308 e. The van der Waals surface area contributed by atoms with Gasteiger partial charge in [0.25, 0.3) is 0 Å². The molecule has 114 valence electrons. The van der Waals surface area contributed by atoms with Crippen molar-refractivity contribution < 1.29 is 0 Å². The predicted molar refractivity (Wildman–Crippen MR) is 88.2 cm³/mol. The van der Waals surface area contributed by atoms with Crippen LogP contribution in [0.5, 0.6) is 0 Å². The zero-order valence-electron chi connectivity index (χ0n) is 13.5. The first kappa shape index (κ1) is 14.6. The van der Waals surface area contributed by atoms with E-state index in [4.69, 9.17) is 5.10 Å². The number of hydrogen-bond donors (Lipinski definition) is 1. The Morgan fingerprint density at radius 1 is 1.24 bits per heavy atom. The molecule has 1 aromatic heterocycles. The highest BCUT2D eigenvalue weighted by Crippen LogP contribution is 2.29. The molecule has 1 fully saturated rings. The number of benzene rings is 1. The Labute approximate surface area is 127 Å². The van der Waals surface area contributed by atoms with Crippen LogP contribution in [0.3, 0.4) is 0 Å². The quantitative estimate of drug-likeness (QED) is 0.921. The molecule has 1 saturated carbocycles. The van der Waals surface area contributed by atoms with Gasteiger partial charge in [-0.05, 0) is 44.1 Å². The van der Waals surface area contributed by atoms with E-state index in [0.29, 0.717) is 6.04 Å². The topological polar surface area (TPSA) is 29.9 Å². The number of para-hydroxylation sites is 1. The molecule has 21 heavy (non-hydrogen) atoms. The number of hydrogen-bond acceptors (Lipinski definition) is 2. The zero-order valence-corrected chi connectivity index (χ0v) is 13.5. The fourth-order valence-corrected chi connectivity index (χ4v) is 3.76. The molecule has 3 heteroatoms. The largest absolute Gasteiger partial charge is 0.308 e. The molecule has 0 saturated heterocycles. The summed E-state index contributed by atoms with van der Waals surface area (Å²) in [6, 6.07) is 9.21. The van der Waals surface area contributed by atoms with Gasteiger partial charge in [0.1, 0.15) is 0 Å². The summed E-state index contributed by atoms with van der Waals surface area (Å²) in [5.41, 5.74) is 2.44. The van der Waals surface area contributed by atoms with Crippen molar-refractivity contribution in [1.29, 1.82) is 0 Å². The van der Waals surface area contributed by atoms with Crippen LogP contribution in [0, 0.1) is 11.8 Å². The van der Waals surface area contributed by atoms with E-state index in [2.05, 4.69) is 55.0 Å². The third kappa shape index (κ3) is 2.98. The molecule has 3 atom stereocenters. The summed E-state index contributed by atoms with van der Waals surface area (Å²) in [4.78, 5) is 0. The van der Waals surface area contributed by atoms with E-state index in [9.17, 15) is 0 Å². The van der Waals surface area contributed by atoms with E-state index in [1.807, 2.05) is 0 Å². The van der Waals surface area contributed by atoms with Crippen LogP contribution < -0.4 is 5.32 Å². The molecular weight excluding hydrogens is 258 g/mol. The molecule has 1 aliphatic rings. The average Bonchev–Trinajstić information content (AvgIpc) is 2.85. The van der Waals surface area contributed by atoms with Crippen LogP contribution in [0.25, 0.3) is 10.9 Å². The van der Waals surface area contributed by atoms with E-state index >= 15 is 0 Å². The summed E-state index contributed by atoms with van der Waals surface area (Å²) >= 11 is 0. The van der Waals surface area contributed by atoms with Crippen molar-refractivity contribution in [1.82, 2.24) is 15.1 Å². The van der Waals surface area contributed by atoms with Crippen LogP contribution in [-0.4, -0.2) is 15.8 Å². The van der Waals surface area contributed by atoms with Gasteiger partial charge in [-0.3, -0.25) is 4.68 Å². The Balaban J connectivity index is 1.73. The van der Waals surface area contributed by atoms with Crippen molar-refractivity contribution in [2.45, 2.75) is 59.2 Å². The maximum atomic E-state index is 4.79. The van der Waals surface area contributed by atoms with Crippen molar-refractivity contribution >= 4 is 10.9 Å². The highest BCUT2D eigenvalue weighted by molar-refractivity contribution is 5.81. The van der Waals surface area contributed by atoms with Crippen LogP contribution in [0.1, 0.15) is 45.7 Å². The first-order valence-corrected chi connectivity index (χ1v) is 8.36. The molecule has 2 aromatic rings. The van der Waals surface area contributed by atoms with Crippen LogP contribution >= 0.6 is 0 Å². The second-order valence-corrected chi connectivity index (χ2v) is 6.66. The lowest BCUT2D eigenvalue weighted by atomic mass is 9.80. The third-order valence-corrected chi connectivity index (χ3v) is 5.00. The Morgan fingerprint density at radius 2 is 2.05 bits per heavy atom. The third-order valence-electron chi connectivity index (χ3n) is 5.00. The van der Waals surface area contributed by atoms with Crippen molar-refractivity contribution in [3.05, 3.63) is 30.0 Å². The van der Waals surface area contributed by atoms with Crippen LogP contribution in [-0.2, 0) is 13.1 Å². The molecule has 0 bridgehead atoms. The highest BCUT2D eigenvalue weighted by atomic mass is 15.3. The van der Waals surface area contributed by atoms with E-state index in [-0.39, 0.29) is 0 Å². The zero-order chi connectivity index (χ0) is 14.8. The molecule has 0 radical (unpaired) electrons. The first-order valence-electron chi connectivity index (χ1n) is 8.36. The minimum absolute atomic E-state index is 0.645. The van der Waals surface area contributed by atoms with E-state index in [0.717, 1.165) is 24.9 Å². The lowest BCUT2D eigenvalue weighted by Gasteiger charge is -2.33. The number of rotatable bonds is 4. The number of aryl methyl sites for hydroxylation is 1. The molecule has 1 heterocycles. The summed E-state index contributed by atoms with van der Waals surface area (Å²) in [5.74, 6) is 1.66. The lowest BCUT2D eigenvalue weighted by molar-refractivity contribution is 0.226. The smallest absolute Gasteiger partial charge is 0.0841 e. The summed E-state index contributed by atoms with van der Waals surface area (Å²) in [7, 11) is 0. The Bertz CT molecular complexity index is 602. The number of nitrogens with zero attached hydrogens (tertiary/aromatic N) is 2. The fraction of sp³-hybridized carbons (Fsp3) is 0.611. The molecule has 3 rings (SSSR count). The summed E-state index contributed by atoms with van der Waals surface area (Å²) in [6.07, 6.45) is 4.00. The predicted octanol–water partition coefficient (Wildman–Crippen LogP) is 3.97. The van der Waals surface area contributed by atoms with Crippen LogP contribution in [0.2, 0.25) is 0 Å². The van der Waals surface area contributed by atoms with Gasteiger partial charge >= 0.3 is 0 Å². The second-order valence-electron chi connectivity index (χ2n) is 6.66. The van der Waals surface area contributed by atoms with Gasteiger partial charge in [0.2, 0.25) is 0 Å². The monoisotopic (exact) mass is 285 g/mol. The normalized spacial score (nSPS) is 26.3. The standard InChI is InChI=1S/C18H27N3/c1-4-21-18-8-6-5-7-15(18)17(20-21)12-19-16-10-9-13(2)11-14(16)3/h5-8,13-14,16,19H,4,9-12H2,1-3H3. The van der Waals surface area contributed by atoms with Gasteiger partial charge in [-0.2, -0.15) is 5.10 Å².